The molecule has 5 aromatic rings. The molecule has 392 valence electrons. The number of ketones is 1. The molecule has 1 aliphatic carbocycles. The van der Waals surface area contributed by atoms with Crippen LogP contribution in [0.3, 0.4) is 0 Å². The smallest absolute Gasteiger partial charge is 0.343 e. The number of piperidine rings is 1. The van der Waals surface area contributed by atoms with E-state index in [4.69, 9.17) is 33.2 Å². The van der Waals surface area contributed by atoms with Crippen molar-refractivity contribution in [3.05, 3.63) is 106 Å². The number of H-pyrrole nitrogens is 1. The van der Waals surface area contributed by atoms with Gasteiger partial charge in [0.25, 0.3) is 0 Å². The van der Waals surface area contributed by atoms with Crippen LogP contribution in [0.2, 0.25) is 0 Å². The Kier molecular flexibility index (Phi) is 18.2. The van der Waals surface area contributed by atoms with Crippen LogP contribution >= 0.6 is 0 Å². The summed E-state index contributed by atoms with van der Waals surface area (Å²) in [4.78, 5) is 40.9. The largest absolute Gasteiger partial charge is 0.493 e. The van der Waals surface area contributed by atoms with E-state index in [0.29, 0.717) is 98.7 Å². The van der Waals surface area contributed by atoms with Crippen LogP contribution in [0.1, 0.15) is 113 Å². The summed E-state index contributed by atoms with van der Waals surface area (Å²) in [6.45, 7) is 14.5. The molecule has 1 saturated carbocycles. The number of hydrogen-bond acceptors (Lipinski definition) is 15. The van der Waals surface area contributed by atoms with Crippen molar-refractivity contribution in [2.24, 2.45) is 5.92 Å². The summed E-state index contributed by atoms with van der Waals surface area (Å²) >= 11 is 0. The number of unbranched alkanes of at least 4 members (excludes halogenated alkanes) is 3. The molecule has 4 atom stereocenters. The van der Waals surface area contributed by atoms with Gasteiger partial charge in [-0.1, -0.05) is 24.1 Å². The minimum atomic E-state index is -1.02. The van der Waals surface area contributed by atoms with Crippen LogP contribution in [-0.4, -0.2) is 131 Å². The second-order valence-corrected chi connectivity index (χ2v) is 19.5. The molecule has 0 bridgehead atoms. The number of ether oxygens (including phenoxy) is 7. The van der Waals surface area contributed by atoms with E-state index in [1.807, 2.05) is 26.1 Å². The maximum absolute atomic E-state index is 13.4. The summed E-state index contributed by atoms with van der Waals surface area (Å²) in [5, 5.41) is 28.6. The van der Waals surface area contributed by atoms with Crippen LogP contribution in [0.25, 0.3) is 0 Å². The van der Waals surface area contributed by atoms with Gasteiger partial charge in [-0.2, -0.15) is 5.10 Å². The molecule has 0 radical (unpaired) electrons. The fourth-order valence-corrected chi connectivity index (χ4v) is 10.6. The van der Waals surface area contributed by atoms with Crippen molar-refractivity contribution in [2.75, 3.05) is 66.3 Å². The van der Waals surface area contributed by atoms with Gasteiger partial charge in [0, 0.05) is 41.7 Å². The highest BCUT2D eigenvalue weighted by molar-refractivity contribution is 5.93. The summed E-state index contributed by atoms with van der Waals surface area (Å²) in [5.41, 5.74) is 6.04. The van der Waals surface area contributed by atoms with Gasteiger partial charge in [-0.05, 0) is 146 Å². The van der Waals surface area contributed by atoms with Crippen LogP contribution in [0.5, 0.6) is 28.7 Å². The molecule has 4 heterocycles. The predicted molar refractivity (Wildman–Crippen MR) is 271 cm³/mol. The Morgan fingerprint density at radius 1 is 0.863 bits per heavy atom. The van der Waals surface area contributed by atoms with Crippen molar-refractivity contribution in [3.63, 3.8) is 0 Å². The number of Topliss-reactive ketones (excluding diaryl/α,β-unsaturated/α-hetero) is 1. The number of carbonyl (C=O) groups is 3. The number of benzene rings is 3. The lowest BCUT2D eigenvalue weighted by Gasteiger charge is -2.53. The fourth-order valence-electron chi connectivity index (χ4n) is 10.6. The third-order valence-electron chi connectivity index (χ3n) is 14.6. The number of rotatable bonds is 28. The summed E-state index contributed by atoms with van der Waals surface area (Å²) < 4.78 is 43.4. The highest BCUT2D eigenvalue weighted by atomic mass is 16.6. The van der Waals surface area contributed by atoms with Crippen molar-refractivity contribution in [3.8, 4) is 28.7 Å². The van der Waals surface area contributed by atoms with E-state index in [-0.39, 0.29) is 23.9 Å². The molecular weight excluding hydrogens is 935 g/mol. The van der Waals surface area contributed by atoms with E-state index < -0.39 is 23.5 Å². The van der Waals surface area contributed by atoms with Crippen molar-refractivity contribution >= 4 is 17.7 Å². The first-order chi connectivity index (χ1) is 35.4. The highest BCUT2D eigenvalue weighted by Crippen LogP contribution is 2.60. The van der Waals surface area contributed by atoms with Gasteiger partial charge in [-0.15, -0.1) is 5.10 Å². The Hall–Kier alpha value is -6.34. The van der Waals surface area contributed by atoms with E-state index in [0.717, 1.165) is 93.5 Å². The van der Waals surface area contributed by atoms with Gasteiger partial charge in [-0.25, -0.2) is 14.3 Å². The normalized spacial score (nSPS) is 19.2. The molecule has 18 nitrogen and oxygen atoms in total. The minimum Gasteiger partial charge on any atom is -0.493 e. The Bertz CT molecular complexity index is 2630. The topological polar surface area (TPSA) is 211 Å². The van der Waals surface area contributed by atoms with E-state index in [1.165, 1.54) is 17.7 Å². The molecule has 2 fully saturated rings. The van der Waals surface area contributed by atoms with Gasteiger partial charge >= 0.3 is 11.9 Å². The van der Waals surface area contributed by atoms with Crippen molar-refractivity contribution in [1.29, 1.82) is 0 Å². The van der Waals surface area contributed by atoms with Crippen LogP contribution in [0.4, 0.5) is 0 Å². The quantitative estimate of drug-likeness (QED) is 0.0253. The molecule has 2 aliphatic heterocycles. The van der Waals surface area contributed by atoms with Gasteiger partial charge in [-0.3, -0.25) is 9.89 Å². The molecule has 0 amide bonds. The summed E-state index contributed by atoms with van der Waals surface area (Å²) in [7, 11) is 2.15. The first-order valence-corrected chi connectivity index (χ1v) is 25.8. The molecule has 3 N–H and O–H groups in total. The first-order valence-electron chi connectivity index (χ1n) is 25.8. The third-order valence-corrected chi connectivity index (χ3v) is 14.6. The number of aromatic carboxylic acids is 1. The molecule has 1 saturated heterocycles. The molecular formula is C55H71N7O11. The molecule has 3 aromatic carbocycles. The zero-order valence-electron chi connectivity index (χ0n) is 42.9. The molecule has 18 heteroatoms. The number of likely N-dealkylation sites (tertiary alicyclic amines) is 1. The molecule has 1 spiro atoms. The average Bonchev–Trinajstić information content (AvgIpc) is 4.09. The van der Waals surface area contributed by atoms with Crippen molar-refractivity contribution in [1.82, 2.24) is 35.4 Å². The Labute approximate surface area is 427 Å². The molecule has 73 heavy (non-hydrogen) atoms. The Balaban J connectivity index is 0.643. The van der Waals surface area contributed by atoms with Crippen LogP contribution in [0, 0.1) is 26.7 Å². The summed E-state index contributed by atoms with van der Waals surface area (Å²) in [6.07, 6.45) is 8.96. The summed E-state index contributed by atoms with van der Waals surface area (Å²) in [5.74, 6) is 1.26. The van der Waals surface area contributed by atoms with E-state index >= 15 is 0 Å². The Morgan fingerprint density at radius 3 is 2.37 bits per heavy atom. The lowest BCUT2D eigenvalue weighted by atomic mass is 9.55. The lowest BCUT2D eigenvalue weighted by molar-refractivity contribution is -0.137. The van der Waals surface area contributed by atoms with E-state index in [1.54, 1.807) is 41.1 Å². The number of carbonyl (C=O) groups excluding carboxylic acids is 2. The van der Waals surface area contributed by atoms with Crippen molar-refractivity contribution in [2.45, 2.75) is 116 Å². The maximum Gasteiger partial charge on any atom is 0.343 e. The Morgan fingerprint density at radius 2 is 1.62 bits per heavy atom. The number of nitrogens with zero attached hydrogens (tertiary/aromatic N) is 5. The predicted octanol–water partition coefficient (Wildman–Crippen LogP) is 7.40. The average molecular weight is 1010 g/mol. The van der Waals surface area contributed by atoms with E-state index in [2.05, 4.69) is 51.6 Å². The standard InChI is InChI=1S/C55H71N7O11/c1-36-12-19-49(51-50(36)55-20-23-61(5)39(4)47(55)17-18-48(63)52(55)73-51)72-54(66)40-13-15-43(16-14-40)71-35-42-34-62(60-59-42)24-28-68-30-29-67-27-22-56-21-8-6-7-9-25-69-44-31-41(53(64)65)32-45(33-44)70-26-10-11-46-37(2)57-58-38(46)3/h12-16,19,31-34,39,47,52,56H,6-11,17-18,20-30,35H2,1-5H3,(H,57,58)(H,64,65)/t39?,47?,52-,55-/m0/s1. The maximum atomic E-state index is 13.4. The second kappa shape index (κ2) is 25.1. The van der Waals surface area contributed by atoms with Gasteiger partial charge in [0.1, 0.15) is 29.5 Å². The van der Waals surface area contributed by atoms with Gasteiger partial charge in [0.15, 0.2) is 23.4 Å². The highest BCUT2D eigenvalue weighted by Gasteiger charge is 2.63. The van der Waals surface area contributed by atoms with E-state index in [9.17, 15) is 19.5 Å². The zero-order chi connectivity index (χ0) is 51.3. The van der Waals surface area contributed by atoms with Crippen molar-refractivity contribution < 1.29 is 52.6 Å². The number of fused-ring (bicyclic) bond motifs is 1. The number of nitrogens with one attached hydrogen (secondary N) is 2. The number of aromatic nitrogens is 5. The molecule has 3 aliphatic rings. The first kappa shape index (κ1) is 53.0. The monoisotopic (exact) mass is 1010 g/mol. The minimum absolute atomic E-state index is 0.124. The molecule has 8 rings (SSSR count). The molecule has 2 aromatic heterocycles. The number of aryl methyl sites for hydroxylation is 3. The SMILES string of the molecule is Cc1ccc(OC(=O)c2ccc(OCc3cn(CCOCCOCCNCCCCCCOc4cc(OCCCc5c(C)n[nH]c5C)cc(C(=O)O)c4)nn3)cc2)c2c1[C@]13CCN(C)C(C)C1CCC(=O)[C@@H]3O2. The van der Waals surface area contributed by atoms with Gasteiger partial charge in [0.2, 0.25) is 0 Å². The zero-order valence-corrected chi connectivity index (χ0v) is 42.9. The number of hydrogen-bond donors (Lipinski definition) is 3. The van der Waals surface area contributed by atoms with Crippen LogP contribution in [-0.2, 0) is 39.3 Å². The van der Waals surface area contributed by atoms with Crippen LogP contribution < -0.4 is 29.0 Å². The lowest BCUT2D eigenvalue weighted by Crippen LogP contribution is -2.62. The second-order valence-electron chi connectivity index (χ2n) is 19.5. The number of carboxylic acid groups (broad SMARTS) is 1. The van der Waals surface area contributed by atoms with Crippen LogP contribution in [0.15, 0.2) is 60.8 Å². The fraction of sp³-hybridized carbons (Fsp3) is 0.527. The number of carboxylic acids is 1. The number of esters is 1. The number of aromatic amines is 1. The van der Waals surface area contributed by atoms with Gasteiger partial charge < -0.3 is 48.5 Å². The van der Waals surface area contributed by atoms with Gasteiger partial charge in [0.05, 0.1) is 69.2 Å². The molecule has 2 unspecified atom stereocenters. The summed E-state index contributed by atoms with van der Waals surface area (Å²) in [6, 6.07) is 15.6. The third kappa shape index (κ3) is 13.1.